The minimum absolute atomic E-state index is 0.170. The number of amides is 1. The van der Waals surface area contributed by atoms with Crippen LogP contribution in [0.1, 0.15) is 40.0 Å². The molecule has 0 rings (SSSR count). The Labute approximate surface area is 81.1 Å². The Hall–Kier alpha value is -0.570. The third-order valence-corrected chi connectivity index (χ3v) is 2.12. The number of carbonyl (C=O) groups excluding carboxylic acids is 1. The Balaban J connectivity index is 3.64. The van der Waals surface area contributed by atoms with Crippen molar-refractivity contribution in [3.63, 3.8) is 0 Å². The van der Waals surface area contributed by atoms with Gasteiger partial charge in [0.05, 0.1) is 6.04 Å². The summed E-state index contributed by atoms with van der Waals surface area (Å²) in [6.07, 6.45) is 3.52. The first-order valence-corrected chi connectivity index (χ1v) is 5.12. The first-order valence-electron chi connectivity index (χ1n) is 5.12. The summed E-state index contributed by atoms with van der Waals surface area (Å²) in [6, 6.07) is -0.170. The lowest BCUT2D eigenvalue weighted by molar-refractivity contribution is -0.121. The smallest absolute Gasteiger partial charge is 0.234 e. The van der Waals surface area contributed by atoms with Gasteiger partial charge in [-0.05, 0) is 18.9 Å². The summed E-state index contributed by atoms with van der Waals surface area (Å²) in [4.78, 5) is 11.0. The standard InChI is InChI=1S/C10H22N2O/c1-4-5-6-7-12-9(8(2)3)10(11)13/h8-9,12H,4-7H2,1-3H3,(H2,11,13). The second kappa shape index (κ2) is 6.89. The van der Waals surface area contributed by atoms with Gasteiger partial charge < -0.3 is 11.1 Å². The average Bonchev–Trinajstić information content (AvgIpc) is 2.02. The van der Waals surface area contributed by atoms with Crippen molar-refractivity contribution in [1.29, 1.82) is 0 Å². The summed E-state index contributed by atoms with van der Waals surface area (Å²) in [5.74, 6) is 0.0330. The summed E-state index contributed by atoms with van der Waals surface area (Å²) in [7, 11) is 0. The molecule has 0 spiro atoms. The van der Waals surface area contributed by atoms with Crippen LogP contribution in [0.25, 0.3) is 0 Å². The number of hydrogen-bond donors (Lipinski definition) is 2. The first-order chi connectivity index (χ1) is 6.09. The third-order valence-electron chi connectivity index (χ3n) is 2.12. The number of nitrogens with two attached hydrogens (primary N) is 1. The number of rotatable bonds is 7. The minimum Gasteiger partial charge on any atom is -0.368 e. The third kappa shape index (κ3) is 5.64. The Bertz CT molecular complexity index is 146. The van der Waals surface area contributed by atoms with Crippen molar-refractivity contribution >= 4 is 5.91 Å². The molecule has 1 atom stereocenters. The van der Waals surface area contributed by atoms with Crippen molar-refractivity contribution in [2.75, 3.05) is 6.54 Å². The van der Waals surface area contributed by atoms with Crippen molar-refractivity contribution < 1.29 is 4.79 Å². The molecule has 0 saturated heterocycles. The lowest BCUT2D eigenvalue weighted by atomic mass is 10.0. The average molecular weight is 186 g/mol. The Morgan fingerprint density at radius 3 is 2.38 bits per heavy atom. The van der Waals surface area contributed by atoms with E-state index in [1.54, 1.807) is 0 Å². The highest BCUT2D eigenvalue weighted by atomic mass is 16.1. The van der Waals surface area contributed by atoms with E-state index in [2.05, 4.69) is 12.2 Å². The highest BCUT2D eigenvalue weighted by molar-refractivity contribution is 5.80. The van der Waals surface area contributed by atoms with E-state index < -0.39 is 0 Å². The van der Waals surface area contributed by atoms with E-state index in [4.69, 9.17) is 5.73 Å². The van der Waals surface area contributed by atoms with Crippen LogP contribution in [0.5, 0.6) is 0 Å². The molecule has 0 fully saturated rings. The van der Waals surface area contributed by atoms with Gasteiger partial charge in [-0.1, -0.05) is 33.6 Å². The largest absolute Gasteiger partial charge is 0.368 e. The lowest BCUT2D eigenvalue weighted by Gasteiger charge is -2.18. The second-order valence-electron chi connectivity index (χ2n) is 3.79. The fraction of sp³-hybridized carbons (Fsp3) is 0.900. The summed E-state index contributed by atoms with van der Waals surface area (Å²) in [5, 5.41) is 3.18. The van der Waals surface area contributed by atoms with E-state index in [1.807, 2.05) is 13.8 Å². The Kier molecular flexibility index (Phi) is 6.59. The lowest BCUT2D eigenvalue weighted by Crippen LogP contribution is -2.45. The number of carbonyl (C=O) groups is 1. The van der Waals surface area contributed by atoms with Crippen LogP contribution in [0.2, 0.25) is 0 Å². The van der Waals surface area contributed by atoms with E-state index in [0.29, 0.717) is 0 Å². The monoisotopic (exact) mass is 186 g/mol. The maximum Gasteiger partial charge on any atom is 0.234 e. The van der Waals surface area contributed by atoms with Crippen molar-refractivity contribution in [3.8, 4) is 0 Å². The summed E-state index contributed by atoms with van der Waals surface area (Å²) < 4.78 is 0. The van der Waals surface area contributed by atoms with Gasteiger partial charge in [0.1, 0.15) is 0 Å². The Morgan fingerprint density at radius 1 is 1.38 bits per heavy atom. The Morgan fingerprint density at radius 2 is 2.00 bits per heavy atom. The van der Waals surface area contributed by atoms with Gasteiger partial charge in [0, 0.05) is 0 Å². The summed E-state index contributed by atoms with van der Waals surface area (Å²) in [6.45, 7) is 7.05. The van der Waals surface area contributed by atoms with Crippen LogP contribution in [0, 0.1) is 5.92 Å². The molecular formula is C10H22N2O. The molecule has 0 aromatic carbocycles. The number of nitrogens with one attached hydrogen (secondary N) is 1. The molecule has 3 N–H and O–H groups in total. The number of primary amides is 1. The molecule has 0 aliphatic carbocycles. The zero-order valence-electron chi connectivity index (χ0n) is 8.97. The van der Waals surface area contributed by atoms with Gasteiger partial charge in [0.25, 0.3) is 0 Å². The fourth-order valence-corrected chi connectivity index (χ4v) is 1.30. The van der Waals surface area contributed by atoms with E-state index >= 15 is 0 Å². The van der Waals surface area contributed by atoms with Gasteiger partial charge in [-0.25, -0.2) is 0 Å². The number of unbranched alkanes of at least 4 members (excludes halogenated alkanes) is 2. The van der Waals surface area contributed by atoms with Gasteiger partial charge in [-0.2, -0.15) is 0 Å². The zero-order valence-corrected chi connectivity index (χ0v) is 8.97. The molecule has 0 aromatic rings. The number of hydrogen-bond acceptors (Lipinski definition) is 2. The molecule has 0 aliphatic rings. The van der Waals surface area contributed by atoms with Crippen LogP contribution >= 0.6 is 0 Å². The maximum absolute atomic E-state index is 11.0. The SMILES string of the molecule is CCCCCNC(C(N)=O)C(C)C. The van der Waals surface area contributed by atoms with Gasteiger partial charge in [-0.15, -0.1) is 0 Å². The topological polar surface area (TPSA) is 55.1 Å². The van der Waals surface area contributed by atoms with Gasteiger partial charge in [0.2, 0.25) is 5.91 Å². The molecule has 13 heavy (non-hydrogen) atoms. The van der Waals surface area contributed by atoms with E-state index in [-0.39, 0.29) is 17.9 Å². The van der Waals surface area contributed by atoms with Gasteiger partial charge in [-0.3, -0.25) is 4.79 Å². The molecular weight excluding hydrogens is 164 g/mol. The molecule has 78 valence electrons. The molecule has 0 radical (unpaired) electrons. The van der Waals surface area contributed by atoms with Crippen LogP contribution in [0.15, 0.2) is 0 Å². The van der Waals surface area contributed by atoms with Crippen LogP contribution in [-0.4, -0.2) is 18.5 Å². The first kappa shape index (κ1) is 12.4. The predicted octanol–water partition coefficient (Wildman–Crippen LogP) is 1.28. The van der Waals surface area contributed by atoms with E-state index in [9.17, 15) is 4.79 Å². The molecule has 3 nitrogen and oxygen atoms in total. The van der Waals surface area contributed by atoms with Crippen LogP contribution in [0.3, 0.4) is 0 Å². The van der Waals surface area contributed by atoms with Crippen LogP contribution < -0.4 is 11.1 Å². The molecule has 0 aliphatic heterocycles. The van der Waals surface area contributed by atoms with Crippen molar-refractivity contribution in [2.24, 2.45) is 11.7 Å². The quantitative estimate of drug-likeness (QED) is 0.588. The normalized spacial score (nSPS) is 13.2. The van der Waals surface area contributed by atoms with Gasteiger partial charge >= 0.3 is 0 Å². The maximum atomic E-state index is 11.0. The molecule has 3 heteroatoms. The minimum atomic E-state index is -0.244. The molecule has 0 saturated carbocycles. The summed E-state index contributed by atoms with van der Waals surface area (Å²) in [5.41, 5.74) is 5.25. The molecule has 1 unspecified atom stereocenters. The van der Waals surface area contributed by atoms with E-state index in [0.717, 1.165) is 13.0 Å². The van der Waals surface area contributed by atoms with Crippen molar-refractivity contribution in [3.05, 3.63) is 0 Å². The molecule has 1 amide bonds. The van der Waals surface area contributed by atoms with Gasteiger partial charge in [0.15, 0.2) is 0 Å². The highest BCUT2D eigenvalue weighted by Crippen LogP contribution is 2.01. The molecule has 0 aromatic heterocycles. The molecule has 0 bridgehead atoms. The second-order valence-corrected chi connectivity index (χ2v) is 3.79. The summed E-state index contributed by atoms with van der Waals surface area (Å²) >= 11 is 0. The van der Waals surface area contributed by atoms with Crippen LogP contribution in [0.4, 0.5) is 0 Å². The predicted molar refractivity (Wildman–Crippen MR) is 55.3 cm³/mol. The van der Waals surface area contributed by atoms with E-state index in [1.165, 1.54) is 12.8 Å². The zero-order chi connectivity index (χ0) is 10.3. The molecule has 0 heterocycles. The van der Waals surface area contributed by atoms with Crippen molar-refractivity contribution in [1.82, 2.24) is 5.32 Å². The van der Waals surface area contributed by atoms with Crippen LogP contribution in [-0.2, 0) is 4.79 Å². The highest BCUT2D eigenvalue weighted by Gasteiger charge is 2.17. The fourth-order valence-electron chi connectivity index (χ4n) is 1.30. The van der Waals surface area contributed by atoms with Crippen molar-refractivity contribution in [2.45, 2.75) is 46.1 Å².